The molecule has 1 aliphatic carbocycles. The molecule has 4 N–H and O–H groups in total. The van der Waals surface area contributed by atoms with Crippen LogP contribution in [-0.4, -0.2) is 54.3 Å². The highest BCUT2D eigenvalue weighted by atomic mass is 32.3. The molecule has 3 rings (SSSR count). The second-order valence-electron chi connectivity index (χ2n) is 7.60. The minimum Gasteiger partial charge on any atom is -0.289 e. The number of ketones is 2. The third kappa shape index (κ3) is 5.86. The lowest BCUT2D eigenvalue weighted by Crippen LogP contribution is -2.31. The fraction of sp³-hybridized carbons (Fsp3) is 0.222. The minimum absolute atomic E-state index is 0.0961. The zero-order valence-corrected chi connectivity index (χ0v) is 21.4. The number of carbonyl (C=O) groups excluding carboxylic acids is 2. The van der Waals surface area contributed by atoms with Gasteiger partial charge in [-0.2, -0.15) is 16.8 Å². The number of benzene rings is 2. The fourth-order valence-corrected chi connectivity index (χ4v) is 7.65. The predicted octanol–water partition coefficient (Wildman–Crippen LogP) is -0.0332. The van der Waals surface area contributed by atoms with Gasteiger partial charge in [0.25, 0.3) is 20.0 Å². The van der Waals surface area contributed by atoms with E-state index in [1.165, 1.54) is 0 Å². The van der Waals surface area contributed by atoms with Crippen molar-refractivity contribution in [3.63, 3.8) is 0 Å². The number of rotatable bonds is 9. The van der Waals surface area contributed by atoms with Crippen LogP contribution in [0.2, 0.25) is 0 Å². The van der Waals surface area contributed by atoms with E-state index in [-0.39, 0.29) is 23.1 Å². The Bertz CT molecular complexity index is 1730. The summed E-state index contributed by atoms with van der Waals surface area (Å²) in [5.74, 6) is -1.77. The molecule has 0 aliphatic heterocycles. The van der Waals surface area contributed by atoms with Crippen molar-refractivity contribution in [3.8, 4) is 0 Å². The van der Waals surface area contributed by atoms with Crippen molar-refractivity contribution >= 4 is 52.2 Å². The van der Waals surface area contributed by atoms with Crippen molar-refractivity contribution < 1.29 is 52.4 Å². The van der Waals surface area contributed by atoms with Crippen molar-refractivity contribution in [1.29, 1.82) is 0 Å². The van der Waals surface area contributed by atoms with Crippen molar-refractivity contribution in [3.05, 3.63) is 58.1 Å². The number of carbonyl (C=O) groups is 2. The third-order valence-corrected chi connectivity index (χ3v) is 10.2. The number of aryl methyl sites for hydroxylation is 1. The molecule has 0 radical (unpaired) electrons. The highest BCUT2D eigenvalue weighted by Gasteiger charge is 2.35. The molecule has 0 aromatic heterocycles. The maximum Gasteiger partial charge on any atom is 0.346 e. The number of nitrogens with one attached hydrogen (secondary N) is 2. The van der Waals surface area contributed by atoms with Gasteiger partial charge in [-0.15, -0.1) is 0 Å². The molecule has 1 aliphatic rings. The van der Waals surface area contributed by atoms with Crippen molar-refractivity contribution in [2.24, 2.45) is 0 Å². The zero-order chi connectivity index (χ0) is 27.3. The summed E-state index contributed by atoms with van der Waals surface area (Å²) in [6, 6.07) is 4.18. The molecule has 0 unspecified atom stereocenters. The van der Waals surface area contributed by atoms with Crippen LogP contribution in [0.5, 0.6) is 0 Å². The summed E-state index contributed by atoms with van der Waals surface area (Å²) >= 11 is 0. The number of hydrogen-bond acceptors (Lipinski definition) is 10. The summed E-state index contributed by atoms with van der Waals surface area (Å²) in [4.78, 5) is 25.0. The highest BCUT2D eigenvalue weighted by molar-refractivity contribution is 8.02. The van der Waals surface area contributed by atoms with Crippen LogP contribution >= 0.6 is 0 Å². The van der Waals surface area contributed by atoms with Gasteiger partial charge in [-0.3, -0.25) is 18.7 Å². The number of unbranched alkanes of at least 4 members (excludes halogenated alkanes) is 1. The molecule has 0 atom stereocenters. The lowest BCUT2D eigenvalue weighted by molar-refractivity contribution is 0.0977. The second-order valence-corrected chi connectivity index (χ2v) is 13.8. The van der Waals surface area contributed by atoms with E-state index in [1.54, 1.807) is 6.92 Å². The van der Waals surface area contributed by atoms with Crippen molar-refractivity contribution in [1.82, 2.24) is 8.25 Å². The van der Waals surface area contributed by atoms with Gasteiger partial charge in [0, 0.05) is 22.3 Å². The Morgan fingerprint density at radius 1 is 0.694 bits per heavy atom. The van der Waals surface area contributed by atoms with Gasteiger partial charge >= 0.3 is 20.6 Å². The molecule has 0 spiro atoms. The largest absolute Gasteiger partial charge is 0.346 e. The highest BCUT2D eigenvalue weighted by Crippen LogP contribution is 2.34. The van der Waals surface area contributed by atoms with E-state index in [9.17, 15) is 43.3 Å². The van der Waals surface area contributed by atoms with Crippen molar-refractivity contribution in [2.75, 3.05) is 0 Å². The summed E-state index contributed by atoms with van der Waals surface area (Å²) in [5, 5.41) is 0. The molecular weight excluding hydrogens is 564 g/mol. The SMILES string of the molecule is CCCCc1cc(S(=O)(=O)NS(=O)(=O)O)cc2c1C(=O)c1ccc(S(=O)(=O)NS(=O)(=O)O)cc1C2=O. The molecular formula is C18H18N2O12S4. The summed E-state index contributed by atoms with van der Waals surface area (Å²) < 4.78 is 113. The van der Waals surface area contributed by atoms with Gasteiger partial charge in [0.2, 0.25) is 0 Å². The molecule has 2 aromatic rings. The Morgan fingerprint density at radius 3 is 1.75 bits per heavy atom. The standard InChI is InChI=1S/C18H18N2O12S4/c1-2-3-4-10-7-12(34(25,26)20-36(30,31)32)9-15-16(10)18(22)13-6-5-11(8-14(13)17(15)21)33(23,24)19-35(27,28)29/h5-9,19-20H,2-4H2,1H3,(H,27,28,29)(H,30,31,32). The van der Waals surface area contributed by atoms with E-state index in [2.05, 4.69) is 0 Å². The topological polar surface area (TPSA) is 235 Å². The van der Waals surface area contributed by atoms with Gasteiger partial charge in [0.15, 0.2) is 11.6 Å². The Balaban J connectivity index is 2.25. The van der Waals surface area contributed by atoms with Gasteiger partial charge in [-0.05, 0) is 48.7 Å². The van der Waals surface area contributed by atoms with Crippen LogP contribution in [0.4, 0.5) is 0 Å². The molecule has 0 amide bonds. The Hall–Kier alpha value is -2.58. The van der Waals surface area contributed by atoms with Crippen LogP contribution in [0.15, 0.2) is 40.1 Å². The van der Waals surface area contributed by atoms with Crippen LogP contribution in [0.1, 0.15) is 57.2 Å². The normalized spacial score (nSPS) is 14.4. The van der Waals surface area contributed by atoms with Gasteiger partial charge < -0.3 is 0 Å². The average Bonchev–Trinajstić information content (AvgIpc) is 2.71. The van der Waals surface area contributed by atoms with E-state index in [0.717, 1.165) is 26.5 Å². The molecule has 2 aromatic carbocycles. The van der Waals surface area contributed by atoms with E-state index in [1.807, 2.05) is 0 Å². The lowest BCUT2D eigenvalue weighted by Gasteiger charge is -2.22. The molecule has 36 heavy (non-hydrogen) atoms. The van der Waals surface area contributed by atoms with Gasteiger partial charge in [0.05, 0.1) is 9.79 Å². The van der Waals surface area contributed by atoms with Crippen LogP contribution < -0.4 is 8.25 Å². The predicted molar refractivity (Wildman–Crippen MR) is 122 cm³/mol. The Morgan fingerprint density at radius 2 is 1.22 bits per heavy atom. The van der Waals surface area contributed by atoms with Gasteiger partial charge in [0.1, 0.15) is 0 Å². The molecule has 18 heteroatoms. The number of fused-ring (bicyclic) bond motifs is 2. The smallest absolute Gasteiger partial charge is 0.289 e. The van der Waals surface area contributed by atoms with Crippen molar-refractivity contribution in [2.45, 2.75) is 36.0 Å². The van der Waals surface area contributed by atoms with E-state index in [0.29, 0.717) is 25.0 Å². The second kappa shape index (κ2) is 9.38. The zero-order valence-electron chi connectivity index (χ0n) is 18.1. The van der Waals surface area contributed by atoms with Crippen LogP contribution in [-0.2, 0) is 47.1 Å². The maximum atomic E-state index is 13.3. The first-order valence-electron chi connectivity index (χ1n) is 9.78. The number of sulfonamides is 2. The molecule has 196 valence electrons. The van der Waals surface area contributed by atoms with E-state index < -0.39 is 73.1 Å². The average molecular weight is 583 g/mol. The quantitative estimate of drug-likeness (QED) is 0.243. The fourth-order valence-electron chi connectivity index (χ4n) is 3.57. The van der Waals surface area contributed by atoms with E-state index in [4.69, 9.17) is 9.11 Å². The molecule has 0 heterocycles. The molecule has 0 saturated heterocycles. The van der Waals surface area contributed by atoms with Crippen LogP contribution in [0.25, 0.3) is 0 Å². The monoisotopic (exact) mass is 582 g/mol. The summed E-state index contributed by atoms with van der Waals surface area (Å²) in [6.07, 6.45) is 1.18. The molecule has 0 fully saturated rings. The summed E-state index contributed by atoms with van der Waals surface area (Å²) in [7, 11) is -20.2. The molecule has 14 nitrogen and oxygen atoms in total. The van der Waals surface area contributed by atoms with Crippen LogP contribution in [0, 0.1) is 0 Å². The third-order valence-electron chi connectivity index (χ3n) is 5.00. The number of hydrogen-bond donors (Lipinski definition) is 4. The minimum atomic E-state index is -5.22. The first kappa shape index (κ1) is 28.0. The first-order valence-corrected chi connectivity index (χ1v) is 15.6. The molecule has 0 saturated carbocycles. The molecule has 0 bridgehead atoms. The first-order chi connectivity index (χ1) is 16.4. The maximum absolute atomic E-state index is 13.3. The van der Waals surface area contributed by atoms with Gasteiger partial charge in [-0.1, -0.05) is 21.6 Å². The Kier molecular flexibility index (Phi) is 7.29. The summed E-state index contributed by atoms with van der Waals surface area (Å²) in [6.45, 7) is 1.80. The van der Waals surface area contributed by atoms with E-state index >= 15 is 0 Å². The van der Waals surface area contributed by atoms with Gasteiger partial charge in [-0.25, -0.2) is 16.8 Å². The Labute approximate surface area is 206 Å². The summed E-state index contributed by atoms with van der Waals surface area (Å²) in [5.41, 5.74) is -1.31. The van der Waals surface area contributed by atoms with Crippen LogP contribution in [0.3, 0.4) is 0 Å². The lowest BCUT2D eigenvalue weighted by atomic mass is 9.81.